The van der Waals surface area contributed by atoms with Crippen LogP contribution in [0.25, 0.3) is 0 Å². The molecular formula is C16H12BrCl2N3O2. The summed E-state index contributed by atoms with van der Waals surface area (Å²) in [5.74, 6) is -1.71. The number of nitrogens with zero attached hydrogens (tertiary/aromatic N) is 1. The van der Waals surface area contributed by atoms with Gasteiger partial charge in [0.1, 0.15) is 0 Å². The molecule has 0 atom stereocenters. The first-order valence-corrected chi connectivity index (χ1v) is 8.27. The van der Waals surface area contributed by atoms with Gasteiger partial charge in [0, 0.05) is 20.7 Å². The summed E-state index contributed by atoms with van der Waals surface area (Å²) in [5.41, 5.74) is 4.07. The van der Waals surface area contributed by atoms with Gasteiger partial charge in [-0.05, 0) is 42.8 Å². The number of aryl methyl sites for hydroxylation is 1. The summed E-state index contributed by atoms with van der Waals surface area (Å²) in [5, 5.41) is 7.10. The molecule has 0 saturated heterocycles. The lowest BCUT2D eigenvalue weighted by Gasteiger charge is -2.07. The molecule has 0 radical (unpaired) electrons. The molecule has 124 valence electrons. The first-order chi connectivity index (χ1) is 11.4. The van der Waals surface area contributed by atoms with Crippen LogP contribution < -0.4 is 10.7 Å². The summed E-state index contributed by atoms with van der Waals surface area (Å²) in [4.78, 5) is 23.6. The van der Waals surface area contributed by atoms with Gasteiger partial charge in [-0.15, -0.1) is 0 Å². The van der Waals surface area contributed by atoms with Gasteiger partial charge in [0.05, 0.1) is 11.2 Å². The highest BCUT2D eigenvalue weighted by molar-refractivity contribution is 9.10. The Balaban J connectivity index is 1.96. The van der Waals surface area contributed by atoms with Gasteiger partial charge in [-0.2, -0.15) is 5.10 Å². The molecule has 24 heavy (non-hydrogen) atoms. The molecule has 2 rings (SSSR count). The number of rotatable bonds is 3. The van der Waals surface area contributed by atoms with E-state index in [1.807, 2.05) is 13.0 Å². The van der Waals surface area contributed by atoms with Crippen LogP contribution in [-0.2, 0) is 9.59 Å². The van der Waals surface area contributed by atoms with Crippen molar-refractivity contribution in [2.45, 2.75) is 6.92 Å². The molecule has 0 bridgehead atoms. The lowest BCUT2D eigenvalue weighted by molar-refractivity contribution is -0.136. The molecule has 0 spiro atoms. The van der Waals surface area contributed by atoms with Gasteiger partial charge in [0.15, 0.2) is 0 Å². The van der Waals surface area contributed by atoms with Gasteiger partial charge in [-0.1, -0.05) is 45.2 Å². The maximum absolute atomic E-state index is 11.9. The number of benzene rings is 2. The number of anilines is 1. The van der Waals surface area contributed by atoms with Crippen LogP contribution in [0.4, 0.5) is 5.69 Å². The molecule has 8 heteroatoms. The van der Waals surface area contributed by atoms with E-state index in [-0.39, 0.29) is 0 Å². The van der Waals surface area contributed by atoms with Gasteiger partial charge >= 0.3 is 11.8 Å². The fraction of sp³-hybridized carbons (Fsp3) is 0.0625. The van der Waals surface area contributed by atoms with Crippen LogP contribution in [0.2, 0.25) is 10.0 Å². The Morgan fingerprint density at radius 3 is 2.54 bits per heavy atom. The van der Waals surface area contributed by atoms with Crippen LogP contribution in [-0.4, -0.2) is 18.0 Å². The average Bonchev–Trinajstić information content (AvgIpc) is 2.52. The number of carbonyl (C=O) groups is 2. The SMILES string of the molecule is Cc1cc(Br)ccc1NC(=O)C(=O)N/N=C/c1ccc(Cl)cc1Cl. The van der Waals surface area contributed by atoms with E-state index in [1.54, 1.807) is 30.3 Å². The Labute approximate surface area is 157 Å². The van der Waals surface area contributed by atoms with E-state index in [0.717, 1.165) is 10.0 Å². The highest BCUT2D eigenvalue weighted by Gasteiger charge is 2.14. The van der Waals surface area contributed by atoms with Gasteiger partial charge in [-0.25, -0.2) is 5.43 Å². The van der Waals surface area contributed by atoms with Crippen molar-refractivity contribution in [3.8, 4) is 0 Å². The third-order valence-electron chi connectivity index (χ3n) is 2.98. The smallest absolute Gasteiger partial charge is 0.317 e. The first kappa shape index (κ1) is 18.4. The number of amides is 2. The first-order valence-electron chi connectivity index (χ1n) is 6.72. The quantitative estimate of drug-likeness (QED) is 0.437. The van der Waals surface area contributed by atoms with Gasteiger partial charge in [0.25, 0.3) is 0 Å². The summed E-state index contributed by atoms with van der Waals surface area (Å²) in [6.45, 7) is 1.82. The van der Waals surface area contributed by atoms with Crippen LogP contribution in [0.5, 0.6) is 0 Å². The molecule has 0 heterocycles. The monoisotopic (exact) mass is 427 g/mol. The largest absolute Gasteiger partial charge is 0.329 e. The molecule has 0 aliphatic heterocycles. The van der Waals surface area contributed by atoms with Crippen molar-refractivity contribution in [3.63, 3.8) is 0 Å². The lowest BCUT2D eigenvalue weighted by atomic mass is 10.2. The van der Waals surface area contributed by atoms with Gasteiger partial charge in [-0.3, -0.25) is 9.59 Å². The minimum absolute atomic E-state index is 0.385. The number of carbonyl (C=O) groups excluding carboxylic acids is 2. The molecule has 0 aromatic heterocycles. The zero-order valence-corrected chi connectivity index (χ0v) is 15.5. The van der Waals surface area contributed by atoms with Crippen LogP contribution in [0.1, 0.15) is 11.1 Å². The van der Waals surface area contributed by atoms with Crippen molar-refractivity contribution in [2.75, 3.05) is 5.32 Å². The maximum atomic E-state index is 11.9. The van der Waals surface area contributed by atoms with Crippen molar-refractivity contribution in [3.05, 3.63) is 62.0 Å². The summed E-state index contributed by atoms with van der Waals surface area (Å²) in [7, 11) is 0. The molecular weight excluding hydrogens is 417 g/mol. The van der Waals surface area contributed by atoms with Crippen LogP contribution in [0.3, 0.4) is 0 Å². The summed E-state index contributed by atoms with van der Waals surface area (Å²) < 4.78 is 0.881. The van der Waals surface area contributed by atoms with E-state index in [1.165, 1.54) is 6.21 Å². The van der Waals surface area contributed by atoms with E-state index in [9.17, 15) is 9.59 Å². The predicted molar refractivity (Wildman–Crippen MR) is 99.7 cm³/mol. The Bertz CT molecular complexity index is 825. The lowest BCUT2D eigenvalue weighted by Crippen LogP contribution is -2.32. The fourth-order valence-corrected chi connectivity index (χ4v) is 2.70. The summed E-state index contributed by atoms with van der Waals surface area (Å²) in [6, 6.07) is 10.1. The predicted octanol–water partition coefficient (Wildman–Crippen LogP) is 4.15. The minimum Gasteiger partial charge on any atom is -0.317 e. The van der Waals surface area contributed by atoms with E-state index in [2.05, 4.69) is 31.8 Å². The molecule has 2 N–H and O–H groups in total. The molecule has 0 unspecified atom stereocenters. The van der Waals surface area contributed by atoms with E-state index < -0.39 is 11.8 Å². The molecule has 5 nitrogen and oxygen atoms in total. The van der Waals surface area contributed by atoms with Gasteiger partial charge in [0.2, 0.25) is 0 Å². The molecule has 0 fully saturated rings. The average molecular weight is 429 g/mol. The Morgan fingerprint density at radius 1 is 1.12 bits per heavy atom. The maximum Gasteiger partial charge on any atom is 0.329 e. The number of nitrogens with one attached hydrogen (secondary N) is 2. The molecule has 0 aliphatic carbocycles. The van der Waals surface area contributed by atoms with Crippen molar-refractivity contribution >= 4 is 62.8 Å². The van der Waals surface area contributed by atoms with Crippen molar-refractivity contribution < 1.29 is 9.59 Å². The molecule has 2 aromatic carbocycles. The molecule has 0 aliphatic rings. The highest BCUT2D eigenvalue weighted by atomic mass is 79.9. The van der Waals surface area contributed by atoms with Crippen molar-refractivity contribution in [2.24, 2.45) is 5.10 Å². The number of hydrogen-bond donors (Lipinski definition) is 2. The summed E-state index contributed by atoms with van der Waals surface area (Å²) in [6.07, 6.45) is 1.33. The zero-order valence-electron chi connectivity index (χ0n) is 12.4. The third-order valence-corrected chi connectivity index (χ3v) is 4.03. The highest BCUT2D eigenvalue weighted by Crippen LogP contribution is 2.20. The Hall–Kier alpha value is -1.89. The third kappa shape index (κ3) is 5.06. The van der Waals surface area contributed by atoms with Crippen molar-refractivity contribution in [1.82, 2.24) is 5.43 Å². The van der Waals surface area contributed by atoms with Crippen LogP contribution in [0, 0.1) is 6.92 Å². The number of hydrazone groups is 1. The summed E-state index contributed by atoms with van der Waals surface area (Å²) >= 11 is 15.1. The topological polar surface area (TPSA) is 70.6 Å². The normalized spacial score (nSPS) is 10.7. The number of halogens is 3. The molecule has 0 saturated carbocycles. The van der Waals surface area contributed by atoms with E-state index >= 15 is 0 Å². The van der Waals surface area contributed by atoms with Gasteiger partial charge < -0.3 is 5.32 Å². The zero-order chi connectivity index (χ0) is 17.7. The second kappa shape index (κ2) is 8.28. The second-order valence-electron chi connectivity index (χ2n) is 4.78. The fourth-order valence-electron chi connectivity index (χ4n) is 1.76. The minimum atomic E-state index is -0.890. The standard InChI is InChI=1S/C16H12BrCl2N3O2/c1-9-6-11(17)3-5-14(9)21-15(23)16(24)22-20-8-10-2-4-12(18)7-13(10)19/h2-8H,1H3,(H,21,23)(H,22,24)/b20-8+. The van der Waals surface area contributed by atoms with Crippen molar-refractivity contribution in [1.29, 1.82) is 0 Å². The molecule has 2 aromatic rings. The van der Waals surface area contributed by atoms with E-state index in [0.29, 0.717) is 21.3 Å². The Kier molecular flexibility index (Phi) is 6.36. The second-order valence-corrected chi connectivity index (χ2v) is 6.54. The van der Waals surface area contributed by atoms with Crippen LogP contribution >= 0.6 is 39.1 Å². The van der Waals surface area contributed by atoms with E-state index in [4.69, 9.17) is 23.2 Å². The number of hydrogen-bond acceptors (Lipinski definition) is 3. The van der Waals surface area contributed by atoms with Crippen LogP contribution in [0.15, 0.2) is 46.0 Å². The molecule has 2 amide bonds. The Morgan fingerprint density at radius 2 is 1.88 bits per heavy atom.